The van der Waals surface area contributed by atoms with Gasteiger partial charge in [0.2, 0.25) is 0 Å². The van der Waals surface area contributed by atoms with Gasteiger partial charge in [-0.1, -0.05) is 6.92 Å². The number of rotatable bonds is 3. The third-order valence-corrected chi connectivity index (χ3v) is 5.79. The molecule has 0 bridgehead atoms. The van der Waals surface area contributed by atoms with Crippen LogP contribution in [0.2, 0.25) is 0 Å². The Balaban J connectivity index is 1.58. The Hall–Kier alpha value is -3.22. The Kier molecular flexibility index (Phi) is 3.89. The summed E-state index contributed by atoms with van der Waals surface area (Å²) in [6.07, 6.45) is 10.5. The summed E-state index contributed by atoms with van der Waals surface area (Å²) in [4.78, 5) is 30.3. The van der Waals surface area contributed by atoms with Crippen LogP contribution < -0.4 is 4.90 Å². The van der Waals surface area contributed by atoms with Crippen molar-refractivity contribution in [2.45, 2.75) is 25.3 Å². The first-order valence-corrected chi connectivity index (χ1v) is 9.71. The third kappa shape index (κ3) is 2.35. The number of anilines is 1. The van der Waals surface area contributed by atoms with E-state index >= 15 is 0 Å². The Morgan fingerprint density at radius 3 is 2.93 bits per heavy atom. The van der Waals surface area contributed by atoms with Gasteiger partial charge >= 0.3 is 0 Å². The van der Waals surface area contributed by atoms with E-state index in [1.165, 1.54) is 5.69 Å². The lowest BCUT2D eigenvalue weighted by Gasteiger charge is -2.47. The minimum atomic E-state index is -0.257. The number of aromatic nitrogens is 4. The number of amides is 1. The first-order valence-electron chi connectivity index (χ1n) is 9.71. The predicted molar refractivity (Wildman–Crippen MR) is 105 cm³/mol. The quantitative estimate of drug-likeness (QED) is 0.705. The number of likely N-dealkylation sites (tertiary alicyclic amines) is 1. The monoisotopic (exact) mass is 374 g/mol. The Labute approximate surface area is 163 Å². The molecule has 7 heteroatoms. The van der Waals surface area contributed by atoms with Crippen molar-refractivity contribution in [1.82, 2.24) is 24.4 Å². The van der Waals surface area contributed by atoms with Crippen LogP contribution in [0.4, 0.5) is 5.69 Å². The molecule has 2 aliphatic heterocycles. The first kappa shape index (κ1) is 16.9. The van der Waals surface area contributed by atoms with E-state index in [1.54, 1.807) is 18.6 Å². The highest BCUT2D eigenvalue weighted by Gasteiger charge is 2.50. The van der Waals surface area contributed by atoms with E-state index in [4.69, 9.17) is 0 Å². The summed E-state index contributed by atoms with van der Waals surface area (Å²) in [7, 11) is 0. The maximum Gasteiger partial charge on any atom is 0.274 e. The maximum atomic E-state index is 13.0. The summed E-state index contributed by atoms with van der Waals surface area (Å²) in [5, 5.41) is 0. The van der Waals surface area contributed by atoms with E-state index in [1.807, 2.05) is 17.2 Å². The van der Waals surface area contributed by atoms with Crippen molar-refractivity contribution in [1.29, 1.82) is 0 Å². The summed E-state index contributed by atoms with van der Waals surface area (Å²) >= 11 is 0. The fourth-order valence-corrected chi connectivity index (χ4v) is 4.62. The molecule has 28 heavy (non-hydrogen) atoms. The van der Waals surface area contributed by atoms with Crippen molar-refractivity contribution in [3.05, 3.63) is 66.6 Å². The summed E-state index contributed by atoms with van der Waals surface area (Å²) in [5.74, 6) is 0.900. The lowest BCUT2D eigenvalue weighted by Crippen LogP contribution is -2.53. The second-order valence-electron chi connectivity index (χ2n) is 7.36. The van der Waals surface area contributed by atoms with Crippen molar-refractivity contribution in [2.75, 3.05) is 24.5 Å². The predicted octanol–water partition coefficient (Wildman–Crippen LogP) is 2.63. The molecule has 0 aliphatic carbocycles. The molecule has 142 valence electrons. The molecule has 1 fully saturated rings. The number of hydrogen-bond donors (Lipinski definition) is 0. The van der Waals surface area contributed by atoms with Crippen LogP contribution in [0.25, 0.3) is 5.82 Å². The second kappa shape index (κ2) is 6.44. The number of fused-ring (bicyclic) bond motifs is 4. The van der Waals surface area contributed by atoms with Crippen molar-refractivity contribution >= 4 is 11.6 Å². The zero-order valence-corrected chi connectivity index (χ0v) is 15.8. The fraction of sp³-hybridized carbons (Fsp3) is 0.333. The van der Waals surface area contributed by atoms with Crippen molar-refractivity contribution in [2.24, 2.45) is 0 Å². The van der Waals surface area contributed by atoms with E-state index in [9.17, 15) is 4.79 Å². The summed E-state index contributed by atoms with van der Waals surface area (Å²) < 4.78 is 2.18. The molecule has 1 spiro atoms. The van der Waals surface area contributed by atoms with Gasteiger partial charge in [-0.15, -0.1) is 0 Å². The van der Waals surface area contributed by atoms with E-state index in [0.717, 1.165) is 30.9 Å². The maximum absolute atomic E-state index is 13.0. The molecule has 1 amide bonds. The zero-order chi connectivity index (χ0) is 19.1. The lowest BCUT2D eigenvalue weighted by atomic mass is 9.88. The molecule has 1 saturated heterocycles. The van der Waals surface area contributed by atoms with Crippen LogP contribution >= 0.6 is 0 Å². The van der Waals surface area contributed by atoms with Crippen LogP contribution in [0.3, 0.4) is 0 Å². The van der Waals surface area contributed by atoms with Gasteiger partial charge in [-0.25, -0.2) is 9.97 Å². The van der Waals surface area contributed by atoms with Crippen molar-refractivity contribution in [3.63, 3.8) is 0 Å². The van der Waals surface area contributed by atoms with Crippen LogP contribution in [-0.2, 0) is 5.54 Å². The average Bonchev–Trinajstić information content (AvgIpc) is 3.40. The molecule has 0 aromatic carbocycles. The van der Waals surface area contributed by atoms with E-state index in [2.05, 4.69) is 55.7 Å². The van der Waals surface area contributed by atoms with Gasteiger partial charge in [-0.2, -0.15) is 0 Å². The molecule has 5 heterocycles. The number of carbonyl (C=O) groups excluding carboxylic acids is 1. The number of hydrogen-bond acceptors (Lipinski definition) is 5. The van der Waals surface area contributed by atoms with Crippen molar-refractivity contribution in [3.8, 4) is 5.82 Å². The second-order valence-corrected chi connectivity index (χ2v) is 7.36. The number of nitrogens with zero attached hydrogens (tertiary/aromatic N) is 6. The van der Waals surface area contributed by atoms with Crippen LogP contribution in [-0.4, -0.2) is 50.0 Å². The average molecular weight is 374 g/mol. The van der Waals surface area contributed by atoms with Crippen LogP contribution in [0.5, 0.6) is 0 Å². The molecule has 1 atom stereocenters. The minimum Gasteiger partial charge on any atom is -0.355 e. The zero-order valence-electron chi connectivity index (χ0n) is 15.8. The van der Waals surface area contributed by atoms with E-state index in [0.29, 0.717) is 18.8 Å². The Bertz CT molecular complexity index is 1020. The van der Waals surface area contributed by atoms with Crippen molar-refractivity contribution < 1.29 is 4.79 Å². The highest BCUT2D eigenvalue weighted by Crippen LogP contribution is 2.47. The minimum absolute atomic E-state index is 0.0588. The number of carbonyl (C=O) groups is 1. The highest BCUT2D eigenvalue weighted by molar-refractivity contribution is 5.92. The van der Waals surface area contributed by atoms with Gasteiger partial charge in [0.1, 0.15) is 11.2 Å². The molecule has 2 aliphatic rings. The molecule has 1 unspecified atom stereocenters. The fourth-order valence-electron chi connectivity index (χ4n) is 4.62. The van der Waals surface area contributed by atoms with E-state index < -0.39 is 0 Å². The Morgan fingerprint density at radius 2 is 2.11 bits per heavy atom. The third-order valence-electron chi connectivity index (χ3n) is 5.79. The number of pyridine rings is 1. The standard InChI is InChI=1S/C21H22N6O/c1-2-11-27-17-5-3-8-24-19(17)26-12-4-6-18(26)21(27)7-13-25(15-21)20(28)16-14-22-9-10-23-16/h3-6,8-10,12,14H,2,7,11,13,15H2,1H3. The van der Waals surface area contributed by atoms with Gasteiger partial charge in [-0.05, 0) is 37.1 Å². The van der Waals surface area contributed by atoms with Gasteiger partial charge in [0.25, 0.3) is 5.91 Å². The normalized spacial score (nSPS) is 20.3. The first-order chi connectivity index (χ1) is 13.7. The molecular weight excluding hydrogens is 352 g/mol. The van der Waals surface area contributed by atoms with Crippen LogP contribution in [0.15, 0.2) is 55.2 Å². The van der Waals surface area contributed by atoms with Crippen LogP contribution in [0.1, 0.15) is 35.9 Å². The molecular formula is C21H22N6O. The lowest BCUT2D eigenvalue weighted by molar-refractivity contribution is 0.0775. The van der Waals surface area contributed by atoms with Gasteiger partial charge in [0, 0.05) is 44.4 Å². The highest BCUT2D eigenvalue weighted by atomic mass is 16.2. The Morgan fingerprint density at radius 1 is 1.18 bits per heavy atom. The summed E-state index contributed by atoms with van der Waals surface area (Å²) in [5.41, 5.74) is 2.46. The van der Waals surface area contributed by atoms with E-state index in [-0.39, 0.29) is 11.4 Å². The van der Waals surface area contributed by atoms with Gasteiger partial charge in [0.05, 0.1) is 17.6 Å². The summed E-state index contributed by atoms with van der Waals surface area (Å²) in [6, 6.07) is 8.35. The topological polar surface area (TPSA) is 67.2 Å². The molecule has 3 aromatic heterocycles. The largest absolute Gasteiger partial charge is 0.355 e. The van der Waals surface area contributed by atoms with Gasteiger partial charge in [0.15, 0.2) is 5.82 Å². The molecule has 0 N–H and O–H groups in total. The molecule has 0 radical (unpaired) electrons. The molecule has 3 aromatic rings. The van der Waals surface area contributed by atoms with Gasteiger partial charge in [-0.3, -0.25) is 9.78 Å². The van der Waals surface area contributed by atoms with Gasteiger partial charge < -0.3 is 14.4 Å². The SMILES string of the molecule is CCCN1c2cccnc2-n2cccc2C12CCN(C(=O)c1cnccn1)C2. The smallest absolute Gasteiger partial charge is 0.274 e. The van der Waals surface area contributed by atoms with Crippen LogP contribution in [0, 0.1) is 0 Å². The molecule has 0 saturated carbocycles. The molecule has 7 nitrogen and oxygen atoms in total. The summed E-state index contributed by atoms with van der Waals surface area (Å²) in [6.45, 7) is 4.42. The molecule has 5 rings (SSSR count).